The molecule has 0 aliphatic carbocycles. The van der Waals surface area contributed by atoms with Gasteiger partial charge in [-0.15, -0.1) is 0 Å². The number of ether oxygens (including phenoxy) is 1. The third-order valence-electron chi connectivity index (χ3n) is 2.08. The molecule has 0 atom stereocenters. The Balaban J connectivity index is 2.78. The lowest BCUT2D eigenvalue weighted by atomic mass is 10.2. The summed E-state index contributed by atoms with van der Waals surface area (Å²) in [7, 11) is 1.50. The Morgan fingerprint density at radius 2 is 2.25 bits per heavy atom. The van der Waals surface area contributed by atoms with Crippen LogP contribution in [0.2, 0.25) is 5.02 Å². The highest BCUT2D eigenvalue weighted by molar-refractivity contribution is 6.30. The molecule has 0 saturated carbocycles. The molecule has 1 rings (SSSR count). The van der Waals surface area contributed by atoms with Gasteiger partial charge in [-0.25, -0.2) is 0 Å². The topological polar surface area (TPSA) is 41.5 Å². The maximum atomic E-state index is 9.83. The van der Waals surface area contributed by atoms with Crippen LogP contribution in [0.3, 0.4) is 0 Å². The van der Waals surface area contributed by atoms with Crippen molar-refractivity contribution in [2.75, 3.05) is 13.7 Å². The molecule has 0 aromatic heterocycles. The van der Waals surface area contributed by atoms with Gasteiger partial charge in [0, 0.05) is 29.7 Å². The third-order valence-corrected chi connectivity index (χ3v) is 2.30. The molecule has 0 unspecified atom stereocenters. The summed E-state index contributed by atoms with van der Waals surface area (Å²) in [6.07, 6.45) is 0. The maximum Gasteiger partial charge on any atom is 0.162 e. The van der Waals surface area contributed by atoms with E-state index in [-0.39, 0.29) is 5.75 Å². The number of phenolic OH excluding ortho intramolecular Hbond substituents is 1. The lowest BCUT2D eigenvalue weighted by Gasteiger charge is -2.10. The molecule has 0 heterocycles. The third kappa shape index (κ3) is 3.43. The summed E-state index contributed by atoms with van der Waals surface area (Å²) in [5.41, 5.74) is 1.75. The quantitative estimate of drug-likeness (QED) is 0.779. The Morgan fingerprint density at radius 1 is 1.56 bits per heavy atom. The van der Waals surface area contributed by atoms with E-state index in [2.05, 4.69) is 11.9 Å². The fourth-order valence-electron chi connectivity index (χ4n) is 1.33. The Bertz CT molecular complexity index is 391. The van der Waals surface area contributed by atoms with E-state index in [1.165, 1.54) is 7.11 Å². The highest BCUT2D eigenvalue weighted by Crippen LogP contribution is 2.33. The van der Waals surface area contributed by atoms with Crippen LogP contribution >= 0.6 is 11.6 Å². The minimum Gasteiger partial charge on any atom is -0.504 e. The molecular weight excluding hydrogens is 226 g/mol. The van der Waals surface area contributed by atoms with E-state index in [0.29, 0.717) is 29.4 Å². The van der Waals surface area contributed by atoms with Crippen LogP contribution in [0.25, 0.3) is 0 Å². The smallest absolute Gasteiger partial charge is 0.162 e. The number of rotatable bonds is 5. The second-order valence-electron chi connectivity index (χ2n) is 3.68. The van der Waals surface area contributed by atoms with Gasteiger partial charge in [0.15, 0.2) is 11.5 Å². The minimum atomic E-state index is 0.126. The number of halogens is 1. The van der Waals surface area contributed by atoms with Gasteiger partial charge in [0.05, 0.1) is 7.11 Å². The Labute approximate surface area is 101 Å². The van der Waals surface area contributed by atoms with E-state index in [1.807, 2.05) is 6.92 Å². The van der Waals surface area contributed by atoms with Crippen LogP contribution in [-0.2, 0) is 6.54 Å². The summed E-state index contributed by atoms with van der Waals surface area (Å²) >= 11 is 5.91. The molecule has 0 aliphatic rings. The number of nitrogens with one attached hydrogen (secondary N) is 1. The summed E-state index contributed by atoms with van der Waals surface area (Å²) < 4.78 is 5.01. The van der Waals surface area contributed by atoms with E-state index in [0.717, 1.165) is 5.57 Å². The molecule has 4 heteroatoms. The SMILES string of the molecule is C=C(C)CNCc1cc(Cl)cc(OC)c1O. The number of benzene rings is 1. The van der Waals surface area contributed by atoms with E-state index in [4.69, 9.17) is 16.3 Å². The average Bonchev–Trinajstić information content (AvgIpc) is 2.22. The lowest BCUT2D eigenvalue weighted by molar-refractivity contribution is 0.370. The number of aromatic hydroxyl groups is 1. The Morgan fingerprint density at radius 3 is 2.81 bits per heavy atom. The summed E-state index contributed by atoms with van der Waals surface area (Å²) in [5.74, 6) is 0.515. The monoisotopic (exact) mass is 241 g/mol. The second kappa shape index (κ2) is 5.77. The predicted molar refractivity (Wildman–Crippen MR) is 66.2 cm³/mol. The standard InChI is InChI=1S/C12H16ClNO2/c1-8(2)6-14-7-9-4-10(13)5-11(16-3)12(9)15/h4-5,14-15H,1,6-7H2,2-3H3. The van der Waals surface area contributed by atoms with Crippen LogP contribution in [0.1, 0.15) is 12.5 Å². The van der Waals surface area contributed by atoms with Crippen molar-refractivity contribution in [2.24, 2.45) is 0 Å². The Hall–Kier alpha value is -1.19. The summed E-state index contributed by atoms with van der Waals surface area (Å²) in [6, 6.07) is 3.30. The first kappa shape index (κ1) is 12.9. The molecule has 1 aromatic carbocycles. The first-order valence-corrected chi connectivity index (χ1v) is 5.33. The van der Waals surface area contributed by atoms with Gasteiger partial charge < -0.3 is 15.2 Å². The maximum absolute atomic E-state index is 9.83. The molecular formula is C12H16ClNO2. The van der Waals surface area contributed by atoms with Gasteiger partial charge >= 0.3 is 0 Å². The van der Waals surface area contributed by atoms with Gasteiger partial charge in [0.1, 0.15) is 0 Å². The van der Waals surface area contributed by atoms with E-state index in [9.17, 15) is 5.11 Å². The van der Waals surface area contributed by atoms with Crippen molar-refractivity contribution in [3.05, 3.63) is 34.9 Å². The van der Waals surface area contributed by atoms with Gasteiger partial charge in [-0.3, -0.25) is 0 Å². The molecule has 0 fully saturated rings. The average molecular weight is 242 g/mol. The molecule has 1 aromatic rings. The number of hydrogen-bond donors (Lipinski definition) is 2. The van der Waals surface area contributed by atoms with Crippen LogP contribution in [0.5, 0.6) is 11.5 Å². The molecule has 2 N–H and O–H groups in total. The fraction of sp³-hybridized carbons (Fsp3) is 0.333. The molecule has 0 amide bonds. The normalized spacial score (nSPS) is 10.2. The van der Waals surface area contributed by atoms with Gasteiger partial charge in [-0.05, 0) is 13.0 Å². The van der Waals surface area contributed by atoms with Gasteiger partial charge in [0.2, 0.25) is 0 Å². The second-order valence-corrected chi connectivity index (χ2v) is 4.11. The van der Waals surface area contributed by atoms with Crippen molar-refractivity contribution in [1.29, 1.82) is 0 Å². The zero-order valence-corrected chi connectivity index (χ0v) is 10.3. The van der Waals surface area contributed by atoms with Gasteiger partial charge in [0.25, 0.3) is 0 Å². The van der Waals surface area contributed by atoms with Gasteiger partial charge in [-0.1, -0.05) is 23.8 Å². The number of methoxy groups -OCH3 is 1. The minimum absolute atomic E-state index is 0.126. The first-order chi connectivity index (χ1) is 7.54. The van der Waals surface area contributed by atoms with Crippen molar-refractivity contribution >= 4 is 11.6 Å². The lowest BCUT2D eigenvalue weighted by Crippen LogP contribution is -2.15. The van der Waals surface area contributed by atoms with Gasteiger partial charge in [-0.2, -0.15) is 0 Å². The van der Waals surface area contributed by atoms with Crippen LogP contribution in [0.4, 0.5) is 0 Å². The predicted octanol–water partition coefficient (Wildman–Crippen LogP) is 2.72. The molecule has 16 heavy (non-hydrogen) atoms. The number of hydrogen-bond acceptors (Lipinski definition) is 3. The van der Waals surface area contributed by atoms with Crippen LogP contribution < -0.4 is 10.1 Å². The molecule has 0 spiro atoms. The first-order valence-electron chi connectivity index (χ1n) is 4.95. The van der Waals surface area contributed by atoms with Crippen molar-refractivity contribution in [1.82, 2.24) is 5.32 Å². The molecule has 3 nitrogen and oxygen atoms in total. The molecule has 0 radical (unpaired) electrons. The van der Waals surface area contributed by atoms with Crippen LogP contribution in [0.15, 0.2) is 24.3 Å². The zero-order chi connectivity index (χ0) is 12.1. The van der Waals surface area contributed by atoms with E-state index in [1.54, 1.807) is 12.1 Å². The van der Waals surface area contributed by atoms with Crippen molar-refractivity contribution in [3.8, 4) is 11.5 Å². The summed E-state index contributed by atoms with van der Waals surface area (Å²) in [4.78, 5) is 0. The molecule has 88 valence electrons. The van der Waals surface area contributed by atoms with E-state index < -0.39 is 0 Å². The highest BCUT2D eigenvalue weighted by atomic mass is 35.5. The van der Waals surface area contributed by atoms with Crippen molar-refractivity contribution in [3.63, 3.8) is 0 Å². The zero-order valence-electron chi connectivity index (χ0n) is 9.51. The largest absolute Gasteiger partial charge is 0.504 e. The van der Waals surface area contributed by atoms with Crippen LogP contribution in [0, 0.1) is 0 Å². The van der Waals surface area contributed by atoms with E-state index >= 15 is 0 Å². The molecule has 0 aliphatic heterocycles. The van der Waals surface area contributed by atoms with Crippen molar-refractivity contribution < 1.29 is 9.84 Å². The Kier molecular flexibility index (Phi) is 4.65. The summed E-state index contributed by atoms with van der Waals surface area (Å²) in [6.45, 7) is 6.95. The molecule has 0 saturated heterocycles. The molecule has 0 bridgehead atoms. The highest BCUT2D eigenvalue weighted by Gasteiger charge is 2.09. The van der Waals surface area contributed by atoms with Crippen LogP contribution in [-0.4, -0.2) is 18.8 Å². The summed E-state index contributed by atoms with van der Waals surface area (Å²) in [5, 5.41) is 13.5. The van der Waals surface area contributed by atoms with Crippen molar-refractivity contribution in [2.45, 2.75) is 13.5 Å². The number of phenols is 1. The fourth-order valence-corrected chi connectivity index (χ4v) is 1.56.